The van der Waals surface area contributed by atoms with Gasteiger partial charge < -0.3 is 10.1 Å². The third kappa shape index (κ3) is 4.25. The van der Waals surface area contributed by atoms with Crippen LogP contribution in [0, 0.1) is 11.6 Å². The molecule has 0 bridgehead atoms. The molecule has 9 heteroatoms. The predicted octanol–water partition coefficient (Wildman–Crippen LogP) is 5.42. The molecule has 2 aromatic carbocycles. The SMILES string of the molecule is O=C(Nc1cccc(F)c1F)c1cccnc1Oc1cccc(C(F)(F)F)c1. The normalized spacial score (nSPS) is 11.2. The van der Waals surface area contributed by atoms with Gasteiger partial charge in [-0.05, 0) is 42.5 Å². The third-order valence-corrected chi connectivity index (χ3v) is 3.59. The molecular formula is C19H11F5N2O2. The minimum Gasteiger partial charge on any atom is -0.438 e. The van der Waals surface area contributed by atoms with E-state index in [1.165, 1.54) is 30.5 Å². The highest BCUT2D eigenvalue weighted by atomic mass is 19.4. The maximum atomic E-state index is 13.7. The van der Waals surface area contributed by atoms with Gasteiger partial charge in [-0.25, -0.2) is 13.8 Å². The van der Waals surface area contributed by atoms with E-state index in [1.807, 2.05) is 0 Å². The minimum absolute atomic E-state index is 0.177. The Kier molecular flexibility index (Phi) is 5.25. The van der Waals surface area contributed by atoms with Gasteiger partial charge in [0.1, 0.15) is 11.3 Å². The summed E-state index contributed by atoms with van der Waals surface area (Å²) < 4.78 is 70.8. The van der Waals surface area contributed by atoms with Crippen LogP contribution in [0.5, 0.6) is 11.6 Å². The molecule has 0 radical (unpaired) electrons. The molecule has 0 saturated carbocycles. The number of nitrogens with zero attached hydrogens (tertiary/aromatic N) is 1. The monoisotopic (exact) mass is 394 g/mol. The Hall–Kier alpha value is -3.49. The minimum atomic E-state index is -4.57. The van der Waals surface area contributed by atoms with Crippen LogP contribution in [0.3, 0.4) is 0 Å². The maximum absolute atomic E-state index is 13.7. The zero-order valence-corrected chi connectivity index (χ0v) is 13.9. The molecule has 4 nitrogen and oxygen atoms in total. The molecular weight excluding hydrogens is 383 g/mol. The largest absolute Gasteiger partial charge is 0.438 e. The number of anilines is 1. The summed E-state index contributed by atoms with van der Waals surface area (Å²) in [6.45, 7) is 0. The molecule has 28 heavy (non-hydrogen) atoms. The number of hydrogen-bond donors (Lipinski definition) is 1. The van der Waals surface area contributed by atoms with Gasteiger partial charge in [0.05, 0.1) is 11.3 Å². The quantitative estimate of drug-likeness (QED) is 0.601. The van der Waals surface area contributed by atoms with Gasteiger partial charge in [-0.3, -0.25) is 4.79 Å². The van der Waals surface area contributed by atoms with E-state index in [-0.39, 0.29) is 17.2 Å². The van der Waals surface area contributed by atoms with E-state index in [2.05, 4.69) is 10.3 Å². The lowest BCUT2D eigenvalue weighted by atomic mass is 10.2. The van der Waals surface area contributed by atoms with Crippen molar-refractivity contribution in [1.29, 1.82) is 0 Å². The number of pyridine rings is 1. The van der Waals surface area contributed by atoms with Crippen molar-refractivity contribution in [1.82, 2.24) is 4.98 Å². The van der Waals surface area contributed by atoms with Crippen molar-refractivity contribution in [2.24, 2.45) is 0 Å². The summed E-state index contributed by atoms with van der Waals surface area (Å²) in [5, 5.41) is 2.18. The molecule has 0 fully saturated rings. The molecule has 3 rings (SSSR count). The van der Waals surface area contributed by atoms with E-state index in [0.717, 1.165) is 30.3 Å². The van der Waals surface area contributed by atoms with Gasteiger partial charge in [-0.1, -0.05) is 12.1 Å². The van der Waals surface area contributed by atoms with Crippen molar-refractivity contribution >= 4 is 11.6 Å². The molecule has 144 valence electrons. The van der Waals surface area contributed by atoms with Crippen molar-refractivity contribution in [2.75, 3.05) is 5.32 Å². The number of alkyl halides is 3. The average molecular weight is 394 g/mol. The number of hydrogen-bond acceptors (Lipinski definition) is 3. The van der Waals surface area contributed by atoms with Crippen molar-refractivity contribution in [2.45, 2.75) is 6.18 Å². The van der Waals surface area contributed by atoms with Crippen molar-refractivity contribution in [3.8, 4) is 11.6 Å². The highest BCUT2D eigenvalue weighted by molar-refractivity contribution is 6.05. The number of rotatable bonds is 4. The highest BCUT2D eigenvalue weighted by Crippen LogP contribution is 2.33. The molecule has 3 aromatic rings. The Morgan fingerprint density at radius 3 is 2.50 bits per heavy atom. The number of benzene rings is 2. The number of ether oxygens (including phenoxy) is 1. The number of nitrogens with one attached hydrogen (secondary N) is 1. The lowest BCUT2D eigenvalue weighted by Crippen LogP contribution is -2.15. The summed E-state index contributed by atoms with van der Waals surface area (Å²) in [4.78, 5) is 16.3. The zero-order chi connectivity index (χ0) is 20.3. The first-order valence-electron chi connectivity index (χ1n) is 7.81. The van der Waals surface area contributed by atoms with Crippen LogP contribution in [0.1, 0.15) is 15.9 Å². The average Bonchev–Trinajstić information content (AvgIpc) is 2.65. The number of halogens is 5. The first-order chi connectivity index (χ1) is 13.3. The fourth-order valence-corrected chi connectivity index (χ4v) is 2.28. The van der Waals surface area contributed by atoms with E-state index in [1.54, 1.807) is 0 Å². The van der Waals surface area contributed by atoms with Gasteiger partial charge in [0.15, 0.2) is 11.6 Å². The summed E-state index contributed by atoms with van der Waals surface area (Å²) in [5.41, 5.74) is -1.52. The Balaban J connectivity index is 1.87. The second-order valence-electron chi connectivity index (χ2n) is 5.54. The summed E-state index contributed by atoms with van der Waals surface area (Å²) >= 11 is 0. The van der Waals surface area contributed by atoms with E-state index >= 15 is 0 Å². The molecule has 1 aromatic heterocycles. The van der Waals surface area contributed by atoms with Gasteiger partial charge in [-0.2, -0.15) is 13.2 Å². The fraction of sp³-hybridized carbons (Fsp3) is 0.0526. The number of carbonyl (C=O) groups is 1. The van der Waals surface area contributed by atoms with Crippen LogP contribution in [0.15, 0.2) is 60.8 Å². The molecule has 0 saturated heterocycles. The molecule has 0 atom stereocenters. The van der Waals surface area contributed by atoms with Gasteiger partial charge in [-0.15, -0.1) is 0 Å². The molecule has 0 aliphatic heterocycles. The third-order valence-electron chi connectivity index (χ3n) is 3.59. The van der Waals surface area contributed by atoms with Crippen LogP contribution >= 0.6 is 0 Å². The number of aromatic nitrogens is 1. The van der Waals surface area contributed by atoms with Crippen LogP contribution in [-0.2, 0) is 6.18 Å². The summed E-state index contributed by atoms with van der Waals surface area (Å²) in [7, 11) is 0. The first-order valence-corrected chi connectivity index (χ1v) is 7.81. The Labute approximate surface area is 155 Å². The molecule has 0 aliphatic carbocycles. The van der Waals surface area contributed by atoms with Gasteiger partial charge in [0.25, 0.3) is 5.91 Å². The molecule has 1 amide bonds. The smallest absolute Gasteiger partial charge is 0.416 e. The summed E-state index contributed by atoms with van der Waals surface area (Å²) in [6.07, 6.45) is -3.30. The van der Waals surface area contributed by atoms with E-state index in [9.17, 15) is 26.7 Å². The fourth-order valence-electron chi connectivity index (χ4n) is 2.28. The summed E-state index contributed by atoms with van der Waals surface area (Å²) in [5.74, 6) is -3.76. The van der Waals surface area contributed by atoms with E-state index in [4.69, 9.17) is 4.74 Å². The Bertz CT molecular complexity index is 1020. The Morgan fingerprint density at radius 1 is 1.00 bits per heavy atom. The van der Waals surface area contributed by atoms with Crippen LogP contribution in [0.4, 0.5) is 27.6 Å². The second-order valence-corrected chi connectivity index (χ2v) is 5.54. The van der Waals surface area contributed by atoms with Crippen LogP contribution < -0.4 is 10.1 Å². The van der Waals surface area contributed by atoms with Gasteiger partial charge in [0, 0.05) is 6.20 Å². The molecule has 0 aliphatic rings. The van der Waals surface area contributed by atoms with Crippen LogP contribution in [0.25, 0.3) is 0 Å². The van der Waals surface area contributed by atoms with Crippen LogP contribution in [0.2, 0.25) is 0 Å². The highest BCUT2D eigenvalue weighted by Gasteiger charge is 2.30. The van der Waals surface area contributed by atoms with E-state index < -0.39 is 35.0 Å². The lowest BCUT2D eigenvalue weighted by Gasteiger charge is -2.12. The molecule has 0 spiro atoms. The lowest BCUT2D eigenvalue weighted by molar-refractivity contribution is -0.137. The number of amides is 1. The second kappa shape index (κ2) is 7.63. The van der Waals surface area contributed by atoms with Crippen molar-refractivity contribution < 1.29 is 31.5 Å². The maximum Gasteiger partial charge on any atom is 0.416 e. The topological polar surface area (TPSA) is 51.2 Å². The number of carbonyl (C=O) groups excluding carboxylic acids is 1. The predicted molar refractivity (Wildman–Crippen MR) is 90.1 cm³/mol. The van der Waals surface area contributed by atoms with Gasteiger partial charge >= 0.3 is 6.18 Å². The zero-order valence-electron chi connectivity index (χ0n) is 13.9. The molecule has 1 N–H and O–H groups in total. The van der Waals surface area contributed by atoms with Gasteiger partial charge in [0.2, 0.25) is 5.88 Å². The standard InChI is InChI=1S/C19H11F5N2O2/c20-14-7-2-8-15(16(14)21)26-17(27)13-6-3-9-25-18(13)28-12-5-1-4-11(10-12)19(22,23)24/h1-10H,(H,26,27). The molecule has 1 heterocycles. The molecule has 0 unspecified atom stereocenters. The first kappa shape index (κ1) is 19.3. The van der Waals surface area contributed by atoms with Crippen LogP contribution in [-0.4, -0.2) is 10.9 Å². The van der Waals surface area contributed by atoms with E-state index in [0.29, 0.717) is 0 Å². The Morgan fingerprint density at radius 2 is 1.75 bits per heavy atom. The van der Waals surface area contributed by atoms with Crippen molar-refractivity contribution in [3.63, 3.8) is 0 Å². The van der Waals surface area contributed by atoms with Crippen molar-refractivity contribution in [3.05, 3.63) is 83.6 Å². The summed E-state index contributed by atoms with van der Waals surface area (Å²) in [6, 6.07) is 9.93.